The van der Waals surface area contributed by atoms with Crippen molar-refractivity contribution in [2.45, 2.75) is 51.2 Å². The molecule has 1 saturated carbocycles. The van der Waals surface area contributed by atoms with Crippen LogP contribution in [0.15, 0.2) is 24.3 Å². The van der Waals surface area contributed by atoms with Gasteiger partial charge in [-0.3, -0.25) is 4.79 Å². The van der Waals surface area contributed by atoms with Crippen molar-refractivity contribution >= 4 is 11.7 Å². The van der Waals surface area contributed by atoms with Crippen LogP contribution in [0.3, 0.4) is 0 Å². The van der Waals surface area contributed by atoms with Crippen LogP contribution in [0.2, 0.25) is 0 Å². The maximum absolute atomic E-state index is 10.9. The molecule has 1 aliphatic rings. The number of carboxylic acid groups (broad SMARTS) is 1. The lowest BCUT2D eigenvalue weighted by Crippen LogP contribution is -2.40. The third-order valence-electron chi connectivity index (χ3n) is 4.35. The summed E-state index contributed by atoms with van der Waals surface area (Å²) in [6.07, 6.45) is 4.77. The number of anilines is 1. The average Bonchev–Trinajstić information content (AvgIpc) is 2.49. The van der Waals surface area contributed by atoms with E-state index in [0.29, 0.717) is 18.7 Å². The van der Waals surface area contributed by atoms with E-state index >= 15 is 0 Å². The molecule has 4 nitrogen and oxygen atoms in total. The topological polar surface area (TPSA) is 49.8 Å². The summed E-state index contributed by atoms with van der Waals surface area (Å²) in [5.74, 6) is -0.738. The van der Waals surface area contributed by atoms with Gasteiger partial charge in [-0.25, -0.2) is 0 Å². The van der Waals surface area contributed by atoms with Gasteiger partial charge in [0.2, 0.25) is 0 Å². The number of methoxy groups -OCH3 is 1. The number of hydrogen-bond acceptors (Lipinski definition) is 3. The highest BCUT2D eigenvalue weighted by molar-refractivity contribution is 5.67. The van der Waals surface area contributed by atoms with Crippen molar-refractivity contribution in [2.75, 3.05) is 18.6 Å². The van der Waals surface area contributed by atoms with Crippen molar-refractivity contribution in [3.63, 3.8) is 0 Å². The molecule has 0 spiro atoms. The number of carboxylic acids is 1. The fourth-order valence-corrected chi connectivity index (χ4v) is 3.07. The molecular weight excluding hydrogens is 266 g/mol. The van der Waals surface area contributed by atoms with Gasteiger partial charge in [0.15, 0.2) is 0 Å². The Hall–Kier alpha value is -1.55. The van der Waals surface area contributed by atoms with Crippen LogP contribution in [0.4, 0.5) is 5.69 Å². The number of nitrogens with zero attached hydrogens (tertiary/aromatic N) is 1. The van der Waals surface area contributed by atoms with Gasteiger partial charge < -0.3 is 14.7 Å². The van der Waals surface area contributed by atoms with E-state index in [1.165, 1.54) is 5.56 Å². The Morgan fingerprint density at radius 2 is 1.86 bits per heavy atom. The van der Waals surface area contributed by atoms with E-state index in [1.54, 1.807) is 7.11 Å². The summed E-state index contributed by atoms with van der Waals surface area (Å²) in [5.41, 5.74) is 2.35. The van der Waals surface area contributed by atoms with Gasteiger partial charge in [-0.2, -0.15) is 0 Å². The quantitative estimate of drug-likeness (QED) is 0.874. The Balaban J connectivity index is 2.08. The first kappa shape index (κ1) is 15.8. The molecular formula is C17H25NO3. The van der Waals surface area contributed by atoms with Gasteiger partial charge in [0.1, 0.15) is 0 Å². The molecule has 21 heavy (non-hydrogen) atoms. The van der Waals surface area contributed by atoms with E-state index in [-0.39, 0.29) is 6.42 Å². The average molecular weight is 291 g/mol. The zero-order chi connectivity index (χ0) is 15.2. The summed E-state index contributed by atoms with van der Waals surface area (Å²) < 4.78 is 5.43. The lowest BCUT2D eigenvalue weighted by molar-refractivity contribution is -0.136. The minimum atomic E-state index is -0.738. The van der Waals surface area contributed by atoms with Gasteiger partial charge in [0.25, 0.3) is 0 Å². The first-order chi connectivity index (χ1) is 10.1. The Kier molecular flexibility index (Phi) is 5.62. The molecule has 0 aromatic heterocycles. The van der Waals surface area contributed by atoms with Crippen molar-refractivity contribution in [1.29, 1.82) is 0 Å². The molecule has 0 bridgehead atoms. The summed E-state index contributed by atoms with van der Waals surface area (Å²) in [6.45, 7) is 2.63. The fraction of sp³-hybridized carbons (Fsp3) is 0.588. The van der Waals surface area contributed by atoms with Crippen LogP contribution in [0.1, 0.15) is 37.7 Å². The maximum atomic E-state index is 10.9. The van der Waals surface area contributed by atoms with Crippen LogP contribution < -0.4 is 4.90 Å². The predicted molar refractivity (Wildman–Crippen MR) is 83.8 cm³/mol. The summed E-state index contributed by atoms with van der Waals surface area (Å²) in [7, 11) is 1.77. The summed E-state index contributed by atoms with van der Waals surface area (Å²) >= 11 is 0. The van der Waals surface area contributed by atoms with Gasteiger partial charge in [0, 0.05) is 25.4 Å². The van der Waals surface area contributed by atoms with Crippen molar-refractivity contribution in [3.8, 4) is 0 Å². The smallest absolute Gasteiger partial charge is 0.305 e. The summed E-state index contributed by atoms with van der Waals surface area (Å²) in [4.78, 5) is 13.2. The molecule has 0 saturated heterocycles. The van der Waals surface area contributed by atoms with E-state index in [9.17, 15) is 4.79 Å². The highest BCUT2D eigenvalue weighted by Gasteiger charge is 2.26. The first-order valence-corrected chi connectivity index (χ1v) is 7.68. The highest BCUT2D eigenvalue weighted by atomic mass is 16.5. The van der Waals surface area contributed by atoms with E-state index in [1.807, 2.05) is 0 Å². The Morgan fingerprint density at radius 3 is 2.38 bits per heavy atom. The van der Waals surface area contributed by atoms with Crippen molar-refractivity contribution in [3.05, 3.63) is 29.8 Å². The molecule has 1 N–H and O–H groups in total. The molecule has 0 radical (unpaired) electrons. The van der Waals surface area contributed by atoms with Gasteiger partial charge in [-0.1, -0.05) is 17.7 Å². The zero-order valence-corrected chi connectivity index (χ0v) is 12.9. The number of carbonyl (C=O) groups is 1. The largest absolute Gasteiger partial charge is 0.481 e. The van der Waals surface area contributed by atoms with Gasteiger partial charge in [-0.05, 0) is 44.7 Å². The van der Waals surface area contributed by atoms with E-state index in [0.717, 1.165) is 31.4 Å². The third kappa shape index (κ3) is 4.46. The van der Waals surface area contributed by atoms with Gasteiger partial charge >= 0.3 is 5.97 Å². The molecule has 1 aliphatic carbocycles. The number of benzene rings is 1. The standard InChI is InChI=1S/C17H25NO3/c1-13-3-5-14(6-4-13)18(12-11-17(19)20)15-7-9-16(21-2)10-8-15/h3-6,15-16H,7-12H2,1-2H3,(H,19,20). The zero-order valence-electron chi connectivity index (χ0n) is 12.9. The monoisotopic (exact) mass is 291 g/mol. The molecule has 0 heterocycles. The number of ether oxygens (including phenoxy) is 1. The van der Waals surface area contributed by atoms with E-state index in [4.69, 9.17) is 9.84 Å². The van der Waals surface area contributed by atoms with Crippen LogP contribution >= 0.6 is 0 Å². The normalized spacial score (nSPS) is 22.0. The second kappa shape index (κ2) is 7.46. The van der Waals surface area contributed by atoms with E-state index < -0.39 is 5.97 Å². The van der Waals surface area contributed by atoms with Crippen molar-refractivity contribution in [1.82, 2.24) is 0 Å². The Labute approximate surface area is 126 Å². The van der Waals surface area contributed by atoms with Crippen LogP contribution in [0.25, 0.3) is 0 Å². The van der Waals surface area contributed by atoms with Crippen LogP contribution in [-0.2, 0) is 9.53 Å². The number of aryl methyl sites for hydroxylation is 1. The predicted octanol–water partition coefficient (Wildman–Crippen LogP) is 3.23. The van der Waals surface area contributed by atoms with Gasteiger partial charge in [-0.15, -0.1) is 0 Å². The molecule has 4 heteroatoms. The fourth-order valence-electron chi connectivity index (χ4n) is 3.07. The minimum absolute atomic E-state index is 0.179. The number of rotatable bonds is 6. The third-order valence-corrected chi connectivity index (χ3v) is 4.35. The molecule has 1 fully saturated rings. The minimum Gasteiger partial charge on any atom is -0.481 e. The van der Waals surface area contributed by atoms with Gasteiger partial charge in [0.05, 0.1) is 12.5 Å². The van der Waals surface area contributed by atoms with Crippen LogP contribution in [0, 0.1) is 6.92 Å². The molecule has 2 rings (SSSR count). The molecule has 0 atom stereocenters. The van der Waals surface area contributed by atoms with Crippen LogP contribution in [0.5, 0.6) is 0 Å². The van der Waals surface area contributed by atoms with Crippen LogP contribution in [-0.4, -0.2) is 36.9 Å². The second-order valence-electron chi connectivity index (χ2n) is 5.84. The molecule has 1 aromatic rings. The van der Waals surface area contributed by atoms with Crippen molar-refractivity contribution < 1.29 is 14.6 Å². The number of aliphatic carboxylic acids is 1. The second-order valence-corrected chi connectivity index (χ2v) is 5.84. The Morgan fingerprint density at radius 1 is 1.24 bits per heavy atom. The molecule has 1 aromatic carbocycles. The SMILES string of the molecule is COC1CCC(N(CCC(=O)O)c2ccc(C)cc2)CC1. The van der Waals surface area contributed by atoms with E-state index in [2.05, 4.69) is 36.1 Å². The number of hydrogen-bond donors (Lipinski definition) is 1. The summed E-state index contributed by atoms with van der Waals surface area (Å²) in [5, 5.41) is 8.99. The van der Waals surface area contributed by atoms with Crippen molar-refractivity contribution in [2.24, 2.45) is 0 Å². The maximum Gasteiger partial charge on any atom is 0.305 e. The molecule has 0 unspecified atom stereocenters. The molecule has 0 amide bonds. The lowest BCUT2D eigenvalue weighted by atomic mass is 9.91. The first-order valence-electron chi connectivity index (χ1n) is 7.68. The molecule has 0 aliphatic heterocycles. The lowest BCUT2D eigenvalue weighted by Gasteiger charge is -2.38. The molecule has 116 valence electrons. The summed E-state index contributed by atoms with van der Waals surface area (Å²) in [6, 6.07) is 8.78. The Bertz CT molecular complexity index is 450. The highest BCUT2D eigenvalue weighted by Crippen LogP contribution is 2.29.